The van der Waals surface area contributed by atoms with Crippen LogP contribution in [0, 0.1) is 11.3 Å². The lowest BCUT2D eigenvalue weighted by atomic mass is 10.2. The molecule has 0 aliphatic carbocycles. The lowest BCUT2D eigenvalue weighted by Gasteiger charge is -1.93. The van der Waals surface area contributed by atoms with Gasteiger partial charge in [0.2, 0.25) is 0 Å². The number of nitrogens with two attached hydrogens (primary N) is 1. The maximum Gasteiger partial charge on any atom is 0.101 e. The highest BCUT2D eigenvalue weighted by molar-refractivity contribution is 5.93. The van der Waals surface area contributed by atoms with Gasteiger partial charge in [0, 0.05) is 11.6 Å². The maximum absolute atomic E-state index is 8.70. The fourth-order valence-corrected chi connectivity index (χ4v) is 1.27. The van der Waals surface area contributed by atoms with Crippen LogP contribution in [0.1, 0.15) is 5.56 Å². The van der Waals surface area contributed by atoms with Gasteiger partial charge in [0.1, 0.15) is 6.07 Å². The molecule has 1 aromatic carbocycles. The third-order valence-corrected chi connectivity index (χ3v) is 1.87. The zero-order chi connectivity index (χ0) is 8.55. The van der Waals surface area contributed by atoms with Crippen molar-refractivity contribution in [1.29, 1.82) is 5.26 Å². The number of nitrogens with one attached hydrogen (secondary N) is 1. The number of fused-ring (bicyclic) bond motifs is 1. The summed E-state index contributed by atoms with van der Waals surface area (Å²) in [6, 6.07) is 7.61. The number of aromatic amines is 1. The number of benzene rings is 1. The number of aromatic nitrogens is 1. The first kappa shape index (κ1) is 6.74. The molecule has 12 heavy (non-hydrogen) atoms. The van der Waals surface area contributed by atoms with Crippen LogP contribution >= 0.6 is 0 Å². The van der Waals surface area contributed by atoms with E-state index in [1.54, 1.807) is 12.3 Å². The average Bonchev–Trinajstić information content (AvgIpc) is 2.49. The van der Waals surface area contributed by atoms with Crippen LogP contribution in [0.2, 0.25) is 0 Å². The minimum atomic E-state index is 0.636. The quantitative estimate of drug-likeness (QED) is 0.570. The summed E-state index contributed by atoms with van der Waals surface area (Å²) in [5, 5.41) is 9.59. The van der Waals surface area contributed by atoms with E-state index in [2.05, 4.69) is 11.1 Å². The van der Waals surface area contributed by atoms with E-state index >= 15 is 0 Å². The van der Waals surface area contributed by atoms with Crippen molar-refractivity contribution in [3.8, 4) is 6.07 Å². The molecule has 58 valence electrons. The molecule has 3 heteroatoms. The second-order valence-electron chi connectivity index (χ2n) is 2.58. The number of rotatable bonds is 0. The molecule has 3 N–H and O–H groups in total. The highest BCUT2D eigenvalue weighted by atomic mass is 14.7. The Morgan fingerprint density at radius 3 is 3.00 bits per heavy atom. The summed E-state index contributed by atoms with van der Waals surface area (Å²) in [4.78, 5) is 2.96. The minimum Gasteiger partial charge on any atom is -0.397 e. The molecule has 3 nitrogen and oxygen atoms in total. The number of para-hydroxylation sites is 1. The van der Waals surface area contributed by atoms with Crippen molar-refractivity contribution >= 4 is 16.6 Å². The van der Waals surface area contributed by atoms with Crippen molar-refractivity contribution in [1.82, 2.24) is 4.98 Å². The molecule has 0 saturated carbocycles. The van der Waals surface area contributed by atoms with Gasteiger partial charge in [-0.2, -0.15) is 5.26 Å². The van der Waals surface area contributed by atoms with Crippen LogP contribution in [0.25, 0.3) is 10.9 Å². The van der Waals surface area contributed by atoms with Gasteiger partial charge in [0.15, 0.2) is 0 Å². The van der Waals surface area contributed by atoms with Crippen molar-refractivity contribution in [2.75, 3.05) is 5.73 Å². The van der Waals surface area contributed by atoms with Crippen molar-refractivity contribution < 1.29 is 0 Å². The minimum absolute atomic E-state index is 0.636. The maximum atomic E-state index is 8.70. The van der Waals surface area contributed by atoms with E-state index in [-0.39, 0.29) is 0 Å². The van der Waals surface area contributed by atoms with Crippen LogP contribution in [0.15, 0.2) is 24.4 Å². The molecule has 0 aliphatic heterocycles. The highest BCUT2D eigenvalue weighted by Gasteiger charge is 2.03. The molecule has 0 spiro atoms. The van der Waals surface area contributed by atoms with Gasteiger partial charge in [-0.1, -0.05) is 12.1 Å². The number of anilines is 1. The van der Waals surface area contributed by atoms with Crippen LogP contribution in [-0.4, -0.2) is 4.98 Å². The molecule has 0 aliphatic rings. The third-order valence-electron chi connectivity index (χ3n) is 1.87. The van der Waals surface area contributed by atoms with Gasteiger partial charge in [0.25, 0.3) is 0 Å². The van der Waals surface area contributed by atoms with E-state index in [4.69, 9.17) is 11.0 Å². The summed E-state index contributed by atoms with van der Waals surface area (Å²) in [5.74, 6) is 0. The lowest BCUT2D eigenvalue weighted by Crippen LogP contribution is -1.84. The first-order valence-electron chi connectivity index (χ1n) is 3.58. The molecule has 2 aromatic rings. The molecule has 0 saturated heterocycles. The molecular formula is C9H7N3. The van der Waals surface area contributed by atoms with Crippen molar-refractivity contribution in [2.24, 2.45) is 0 Å². The average molecular weight is 157 g/mol. The molecule has 0 fully saturated rings. The van der Waals surface area contributed by atoms with Gasteiger partial charge in [-0.25, -0.2) is 0 Å². The van der Waals surface area contributed by atoms with Gasteiger partial charge >= 0.3 is 0 Å². The Kier molecular flexibility index (Phi) is 1.28. The Bertz CT molecular complexity index is 462. The van der Waals surface area contributed by atoms with Gasteiger partial charge in [-0.05, 0) is 6.07 Å². The van der Waals surface area contributed by atoms with Gasteiger partial charge in [0.05, 0.1) is 16.8 Å². The summed E-state index contributed by atoms with van der Waals surface area (Å²) in [6.07, 6.45) is 1.67. The first-order valence-corrected chi connectivity index (χ1v) is 3.58. The van der Waals surface area contributed by atoms with Crippen LogP contribution in [0.5, 0.6) is 0 Å². The summed E-state index contributed by atoms with van der Waals surface area (Å²) in [6.45, 7) is 0. The molecule has 1 heterocycles. The van der Waals surface area contributed by atoms with Crippen molar-refractivity contribution in [3.05, 3.63) is 30.0 Å². The Balaban J connectivity index is 2.91. The monoisotopic (exact) mass is 157 g/mol. The summed E-state index contributed by atoms with van der Waals surface area (Å²) in [7, 11) is 0. The smallest absolute Gasteiger partial charge is 0.101 e. The van der Waals surface area contributed by atoms with Crippen molar-refractivity contribution in [2.45, 2.75) is 0 Å². The van der Waals surface area contributed by atoms with Crippen molar-refractivity contribution in [3.63, 3.8) is 0 Å². The Hall–Kier alpha value is -1.95. The van der Waals surface area contributed by atoms with Gasteiger partial charge in [-0.3, -0.25) is 0 Å². The molecule has 0 amide bonds. The molecule has 0 radical (unpaired) electrons. The van der Waals surface area contributed by atoms with E-state index in [9.17, 15) is 0 Å². The highest BCUT2D eigenvalue weighted by Crippen LogP contribution is 2.22. The van der Waals surface area contributed by atoms with E-state index in [1.807, 2.05) is 12.1 Å². The van der Waals surface area contributed by atoms with Gasteiger partial charge < -0.3 is 10.7 Å². The largest absolute Gasteiger partial charge is 0.397 e. The Morgan fingerprint density at radius 1 is 1.42 bits per heavy atom. The van der Waals surface area contributed by atoms with E-state index in [1.165, 1.54) is 0 Å². The van der Waals surface area contributed by atoms with E-state index < -0.39 is 0 Å². The predicted molar refractivity (Wildman–Crippen MR) is 47.4 cm³/mol. The second-order valence-corrected chi connectivity index (χ2v) is 2.58. The molecular weight excluding hydrogens is 150 g/mol. The van der Waals surface area contributed by atoms with E-state index in [0.717, 1.165) is 10.9 Å². The SMILES string of the molecule is N#Cc1c[nH]c2c(N)cccc12. The standard InChI is InChI=1S/C9H7N3/c10-4-6-5-12-9-7(6)2-1-3-8(9)11/h1-3,5,12H,11H2. The molecule has 0 bridgehead atoms. The fraction of sp³-hybridized carbons (Fsp3) is 0. The molecule has 1 aromatic heterocycles. The number of hydrogen-bond donors (Lipinski definition) is 2. The predicted octanol–water partition coefficient (Wildman–Crippen LogP) is 1.62. The number of nitrogen functional groups attached to an aromatic ring is 1. The van der Waals surface area contributed by atoms with Crippen LogP contribution < -0.4 is 5.73 Å². The molecule has 2 rings (SSSR count). The van der Waals surface area contributed by atoms with Crippen LogP contribution in [0.3, 0.4) is 0 Å². The summed E-state index contributed by atoms with van der Waals surface area (Å²) >= 11 is 0. The van der Waals surface area contributed by atoms with Crippen LogP contribution in [0.4, 0.5) is 5.69 Å². The number of hydrogen-bond acceptors (Lipinski definition) is 2. The zero-order valence-corrected chi connectivity index (χ0v) is 6.33. The van der Waals surface area contributed by atoms with Gasteiger partial charge in [-0.15, -0.1) is 0 Å². The van der Waals surface area contributed by atoms with E-state index in [0.29, 0.717) is 11.3 Å². The Morgan fingerprint density at radius 2 is 2.25 bits per heavy atom. The number of H-pyrrole nitrogens is 1. The summed E-state index contributed by atoms with van der Waals surface area (Å²) in [5.41, 5.74) is 7.84. The molecule has 0 atom stereocenters. The normalized spacial score (nSPS) is 9.92. The topological polar surface area (TPSA) is 65.6 Å². The Labute approximate surface area is 69.4 Å². The third kappa shape index (κ3) is 0.753. The lowest BCUT2D eigenvalue weighted by molar-refractivity contribution is 1.45. The molecule has 0 unspecified atom stereocenters. The zero-order valence-electron chi connectivity index (χ0n) is 6.33. The fourth-order valence-electron chi connectivity index (χ4n) is 1.27. The number of nitrogens with zero attached hydrogens (tertiary/aromatic N) is 1. The summed E-state index contributed by atoms with van der Waals surface area (Å²) < 4.78 is 0. The number of nitriles is 1. The van der Waals surface area contributed by atoms with Crippen LogP contribution in [-0.2, 0) is 0 Å². The first-order chi connectivity index (χ1) is 5.83. The second kappa shape index (κ2) is 2.28.